The number of nitrogens with zero attached hydrogens (tertiary/aromatic N) is 4. The van der Waals surface area contributed by atoms with Crippen LogP contribution in [-0.4, -0.2) is 44.9 Å². The van der Waals surface area contributed by atoms with Crippen LogP contribution in [0.1, 0.15) is 31.0 Å². The Hall–Kier alpha value is -3.71. The van der Waals surface area contributed by atoms with Crippen LogP contribution in [0.15, 0.2) is 60.8 Å². The summed E-state index contributed by atoms with van der Waals surface area (Å²) in [6.07, 6.45) is 4.35. The average molecular weight is 484 g/mol. The van der Waals surface area contributed by atoms with Crippen molar-refractivity contribution in [3.8, 4) is 11.5 Å². The SMILES string of the molecule is Cc1ccc(Nc2nc3cc(Oc4ccnc(CC(=O)CN5CCC(C)CC5)c4)ccc3n2C)cc1. The fraction of sp³-hybridized carbons (Fsp3) is 0.345. The molecule has 0 bridgehead atoms. The second kappa shape index (κ2) is 10.5. The number of ketones is 1. The van der Waals surface area contributed by atoms with Crippen molar-refractivity contribution in [2.75, 3.05) is 25.0 Å². The lowest BCUT2D eigenvalue weighted by atomic mass is 9.99. The highest BCUT2D eigenvalue weighted by molar-refractivity contribution is 5.82. The highest BCUT2D eigenvalue weighted by Gasteiger charge is 2.18. The Kier molecular flexibility index (Phi) is 7.00. The molecule has 186 valence electrons. The van der Waals surface area contributed by atoms with Gasteiger partial charge in [0.2, 0.25) is 5.95 Å². The van der Waals surface area contributed by atoms with E-state index in [1.165, 1.54) is 18.4 Å². The van der Waals surface area contributed by atoms with Gasteiger partial charge in [0.05, 0.1) is 29.7 Å². The number of aromatic nitrogens is 3. The number of rotatable bonds is 8. The number of ether oxygens (including phenoxy) is 1. The molecule has 1 aliphatic rings. The molecule has 0 amide bonds. The highest BCUT2D eigenvalue weighted by atomic mass is 16.5. The number of hydrogen-bond donors (Lipinski definition) is 1. The lowest BCUT2D eigenvalue weighted by Gasteiger charge is -2.29. The van der Waals surface area contributed by atoms with Crippen LogP contribution >= 0.6 is 0 Å². The third-order valence-corrected chi connectivity index (χ3v) is 6.84. The van der Waals surface area contributed by atoms with E-state index in [1.54, 1.807) is 6.20 Å². The predicted molar refractivity (Wildman–Crippen MR) is 143 cm³/mol. The van der Waals surface area contributed by atoms with Gasteiger partial charge in [-0.05, 0) is 69.1 Å². The van der Waals surface area contributed by atoms with Gasteiger partial charge in [-0.15, -0.1) is 0 Å². The quantitative estimate of drug-likeness (QED) is 0.349. The molecule has 36 heavy (non-hydrogen) atoms. The molecule has 0 aliphatic carbocycles. The van der Waals surface area contributed by atoms with Crippen LogP contribution in [0.5, 0.6) is 11.5 Å². The lowest BCUT2D eigenvalue weighted by molar-refractivity contribution is -0.119. The van der Waals surface area contributed by atoms with Crippen molar-refractivity contribution in [3.63, 3.8) is 0 Å². The second-order valence-electron chi connectivity index (χ2n) is 9.90. The molecular formula is C29H33N5O2. The smallest absolute Gasteiger partial charge is 0.208 e. The van der Waals surface area contributed by atoms with Crippen molar-refractivity contribution in [2.45, 2.75) is 33.1 Å². The van der Waals surface area contributed by atoms with E-state index in [9.17, 15) is 4.79 Å². The molecule has 1 aliphatic heterocycles. The number of carbonyl (C=O) groups is 1. The summed E-state index contributed by atoms with van der Waals surface area (Å²) in [7, 11) is 1.99. The number of aryl methyl sites for hydroxylation is 2. The van der Waals surface area contributed by atoms with Crippen LogP contribution in [0.2, 0.25) is 0 Å². The summed E-state index contributed by atoms with van der Waals surface area (Å²) < 4.78 is 8.15. The van der Waals surface area contributed by atoms with Crippen molar-refractivity contribution in [2.24, 2.45) is 13.0 Å². The number of pyridine rings is 1. The van der Waals surface area contributed by atoms with Gasteiger partial charge >= 0.3 is 0 Å². The van der Waals surface area contributed by atoms with Crippen LogP contribution < -0.4 is 10.1 Å². The molecule has 1 fully saturated rings. The zero-order valence-corrected chi connectivity index (χ0v) is 21.2. The summed E-state index contributed by atoms with van der Waals surface area (Å²) in [6.45, 7) is 6.85. The fourth-order valence-electron chi connectivity index (χ4n) is 4.60. The Morgan fingerprint density at radius 1 is 1.06 bits per heavy atom. The van der Waals surface area contributed by atoms with Gasteiger partial charge in [0.25, 0.3) is 0 Å². The van der Waals surface area contributed by atoms with E-state index in [0.29, 0.717) is 24.5 Å². The van der Waals surface area contributed by atoms with Crippen molar-refractivity contribution in [3.05, 3.63) is 72.1 Å². The molecule has 0 saturated carbocycles. The number of Topliss-reactive ketones (excluding diaryl/α,β-unsaturated/α-hetero) is 1. The van der Waals surface area contributed by atoms with E-state index in [4.69, 9.17) is 9.72 Å². The standard InChI is InChI=1S/C29H33N5O2/c1-20-4-6-22(7-5-20)31-29-32-27-18-25(8-9-28(27)33(29)3)36-26-10-13-30-23(17-26)16-24(35)19-34-14-11-21(2)12-15-34/h4-10,13,17-18,21H,11-12,14-16,19H2,1-3H3,(H,31,32). The van der Waals surface area contributed by atoms with Gasteiger partial charge in [0.15, 0.2) is 5.78 Å². The number of carbonyl (C=O) groups excluding carboxylic acids is 1. The van der Waals surface area contributed by atoms with Crippen molar-refractivity contribution in [1.82, 2.24) is 19.4 Å². The number of nitrogens with one attached hydrogen (secondary N) is 1. The van der Waals surface area contributed by atoms with Gasteiger partial charge in [0.1, 0.15) is 11.5 Å². The number of piperidine rings is 1. The molecule has 7 nitrogen and oxygen atoms in total. The van der Waals surface area contributed by atoms with Crippen molar-refractivity contribution < 1.29 is 9.53 Å². The summed E-state index contributed by atoms with van der Waals surface area (Å²) >= 11 is 0. The normalized spacial score (nSPS) is 14.8. The Labute approximate surface area is 212 Å². The van der Waals surface area contributed by atoms with E-state index in [0.717, 1.165) is 47.4 Å². The van der Waals surface area contributed by atoms with Crippen LogP contribution in [0.4, 0.5) is 11.6 Å². The second-order valence-corrected chi connectivity index (χ2v) is 9.90. The number of benzene rings is 2. The Bertz CT molecular complexity index is 1350. The monoisotopic (exact) mass is 483 g/mol. The zero-order chi connectivity index (χ0) is 25.1. The van der Waals surface area contributed by atoms with Crippen LogP contribution in [0.25, 0.3) is 11.0 Å². The molecule has 1 N–H and O–H groups in total. The maximum absolute atomic E-state index is 12.6. The number of anilines is 2. The van der Waals surface area contributed by atoms with E-state index in [1.807, 2.05) is 54.1 Å². The summed E-state index contributed by atoms with van der Waals surface area (Å²) in [5.74, 6) is 3.06. The first-order valence-corrected chi connectivity index (χ1v) is 12.6. The molecule has 2 aromatic heterocycles. The van der Waals surface area contributed by atoms with Crippen LogP contribution in [0.3, 0.4) is 0 Å². The van der Waals surface area contributed by atoms with Gasteiger partial charge < -0.3 is 14.6 Å². The minimum absolute atomic E-state index is 0.192. The number of fused-ring (bicyclic) bond motifs is 1. The molecular weight excluding hydrogens is 450 g/mol. The van der Waals surface area contributed by atoms with Gasteiger partial charge in [-0.1, -0.05) is 24.6 Å². The molecule has 5 rings (SSSR count). The molecule has 0 radical (unpaired) electrons. The Morgan fingerprint density at radius 3 is 2.58 bits per heavy atom. The molecule has 4 aromatic rings. The zero-order valence-electron chi connectivity index (χ0n) is 21.2. The summed E-state index contributed by atoms with van der Waals surface area (Å²) in [4.78, 5) is 24.0. The summed E-state index contributed by atoms with van der Waals surface area (Å²) in [5, 5.41) is 3.38. The van der Waals surface area contributed by atoms with Gasteiger partial charge in [0, 0.05) is 31.1 Å². The maximum Gasteiger partial charge on any atom is 0.208 e. The minimum Gasteiger partial charge on any atom is -0.457 e. The molecule has 7 heteroatoms. The lowest BCUT2D eigenvalue weighted by Crippen LogP contribution is -2.37. The number of hydrogen-bond acceptors (Lipinski definition) is 6. The Morgan fingerprint density at radius 2 is 1.81 bits per heavy atom. The molecule has 0 unspecified atom stereocenters. The minimum atomic E-state index is 0.192. The first-order chi connectivity index (χ1) is 17.4. The molecule has 2 aromatic carbocycles. The molecule has 3 heterocycles. The van der Waals surface area contributed by atoms with Crippen molar-refractivity contribution >= 4 is 28.5 Å². The largest absolute Gasteiger partial charge is 0.457 e. The van der Waals surface area contributed by atoms with E-state index in [-0.39, 0.29) is 5.78 Å². The molecule has 0 atom stereocenters. The number of likely N-dealkylation sites (tertiary alicyclic amines) is 1. The molecule has 0 spiro atoms. The first-order valence-electron chi connectivity index (χ1n) is 12.6. The van der Waals surface area contributed by atoms with E-state index < -0.39 is 0 Å². The van der Waals surface area contributed by atoms with Gasteiger partial charge in [-0.3, -0.25) is 14.7 Å². The first kappa shape index (κ1) is 24.0. The van der Waals surface area contributed by atoms with E-state index >= 15 is 0 Å². The topological polar surface area (TPSA) is 72.3 Å². The van der Waals surface area contributed by atoms with Crippen molar-refractivity contribution in [1.29, 1.82) is 0 Å². The van der Waals surface area contributed by atoms with Gasteiger partial charge in [-0.25, -0.2) is 4.98 Å². The summed E-state index contributed by atoms with van der Waals surface area (Å²) in [6, 6.07) is 17.8. The molecule has 1 saturated heterocycles. The third-order valence-electron chi connectivity index (χ3n) is 6.84. The highest BCUT2D eigenvalue weighted by Crippen LogP contribution is 2.28. The Balaban J connectivity index is 1.25. The third kappa shape index (κ3) is 5.74. The summed E-state index contributed by atoms with van der Waals surface area (Å²) in [5.41, 5.74) is 4.78. The van der Waals surface area contributed by atoms with Crippen LogP contribution in [-0.2, 0) is 18.3 Å². The van der Waals surface area contributed by atoms with Crippen LogP contribution in [0, 0.1) is 12.8 Å². The number of imidazole rings is 1. The maximum atomic E-state index is 12.6. The van der Waals surface area contributed by atoms with E-state index in [2.05, 4.69) is 41.2 Å². The average Bonchev–Trinajstić information content (AvgIpc) is 3.16. The van der Waals surface area contributed by atoms with Gasteiger partial charge in [-0.2, -0.15) is 0 Å². The predicted octanol–water partition coefficient (Wildman–Crippen LogP) is 5.66. The fourth-order valence-corrected chi connectivity index (χ4v) is 4.60.